The van der Waals surface area contributed by atoms with Crippen LogP contribution >= 0.6 is 0 Å². The molecule has 0 aliphatic carbocycles. The van der Waals surface area contributed by atoms with E-state index in [4.69, 9.17) is 0 Å². The monoisotopic (exact) mass is 326 g/mol. The van der Waals surface area contributed by atoms with Crippen molar-refractivity contribution < 1.29 is 9.90 Å². The number of para-hydroxylation sites is 1. The van der Waals surface area contributed by atoms with Gasteiger partial charge in [-0.1, -0.05) is 18.2 Å². The fraction of sp³-hybridized carbons (Fsp3) is 0.333. The summed E-state index contributed by atoms with van der Waals surface area (Å²) in [6.07, 6.45) is 2.78. The second-order valence-corrected chi connectivity index (χ2v) is 6.10. The van der Waals surface area contributed by atoms with Gasteiger partial charge in [0.25, 0.3) is 0 Å². The highest BCUT2D eigenvalue weighted by Crippen LogP contribution is 2.19. The van der Waals surface area contributed by atoms with Gasteiger partial charge >= 0.3 is 0 Å². The van der Waals surface area contributed by atoms with E-state index in [2.05, 4.69) is 20.5 Å². The van der Waals surface area contributed by atoms with Crippen molar-refractivity contribution >= 4 is 16.8 Å². The SMILES string of the molecule is Cc1n[nH]c(C)c1CC(=O)N[C@H](CO)Cc1c[nH]c2ccccc12. The molecule has 3 aromatic rings. The van der Waals surface area contributed by atoms with Gasteiger partial charge in [0.1, 0.15) is 0 Å². The molecular weight excluding hydrogens is 304 g/mol. The van der Waals surface area contributed by atoms with Crippen LogP contribution in [-0.4, -0.2) is 38.8 Å². The smallest absolute Gasteiger partial charge is 0.224 e. The molecule has 0 saturated heterocycles. The molecule has 0 aliphatic heterocycles. The molecule has 0 saturated carbocycles. The van der Waals surface area contributed by atoms with E-state index in [9.17, 15) is 9.90 Å². The summed E-state index contributed by atoms with van der Waals surface area (Å²) < 4.78 is 0. The van der Waals surface area contributed by atoms with Crippen LogP contribution in [0.5, 0.6) is 0 Å². The van der Waals surface area contributed by atoms with Crippen LogP contribution in [-0.2, 0) is 17.6 Å². The van der Waals surface area contributed by atoms with Crippen LogP contribution in [0, 0.1) is 13.8 Å². The van der Waals surface area contributed by atoms with E-state index in [-0.39, 0.29) is 25.0 Å². The van der Waals surface area contributed by atoms with Gasteiger partial charge in [-0.25, -0.2) is 0 Å². The van der Waals surface area contributed by atoms with Crippen LogP contribution in [0.3, 0.4) is 0 Å². The summed E-state index contributed by atoms with van der Waals surface area (Å²) in [6.45, 7) is 3.67. The van der Waals surface area contributed by atoms with Gasteiger partial charge in [-0.3, -0.25) is 9.89 Å². The molecule has 6 nitrogen and oxygen atoms in total. The van der Waals surface area contributed by atoms with Crippen LogP contribution < -0.4 is 5.32 Å². The van der Waals surface area contributed by atoms with Crippen LogP contribution in [0.25, 0.3) is 10.9 Å². The fourth-order valence-corrected chi connectivity index (χ4v) is 3.00. The maximum Gasteiger partial charge on any atom is 0.224 e. The fourth-order valence-electron chi connectivity index (χ4n) is 3.00. The standard InChI is InChI=1S/C18H22N4O2/c1-11-16(12(2)22-21-11)8-18(24)20-14(10-23)7-13-9-19-17-6-4-3-5-15(13)17/h3-6,9,14,19,23H,7-8,10H2,1-2H3,(H,20,24)(H,21,22)/t14-/m0/s1. The molecule has 24 heavy (non-hydrogen) atoms. The summed E-state index contributed by atoms with van der Waals surface area (Å²) in [5.41, 5.74) is 4.79. The summed E-state index contributed by atoms with van der Waals surface area (Å²) in [5.74, 6) is -0.110. The van der Waals surface area contributed by atoms with Gasteiger partial charge in [0, 0.05) is 28.4 Å². The third-order valence-corrected chi connectivity index (χ3v) is 4.34. The number of aliphatic hydroxyl groups is 1. The molecule has 0 bridgehead atoms. The lowest BCUT2D eigenvalue weighted by Crippen LogP contribution is -2.40. The van der Waals surface area contributed by atoms with Crippen molar-refractivity contribution in [3.63, 3.8) is 0 Å². The molecular formula is C18H22N4O2. The third kappa shape index (κ3) is 3.33. The minimum Gasteiger partial charge on any atom is -0.394 e. The second kappa shape index (κ2) is 6.88. The first-order valence-corrected chi connectivity index (χ1v) is 8.04. The maximum atomic E-state index is 12.3. The van der Waals surface area contributed by atoms with Crippen LogP contribution in [0.4, 0.5) is 0 Å². The number of amides is 1. The van der Waals surface area contributed by atoms with Crippen LogP contribution in [0.2, 0.25) is 0 Å². The Kier molecular flexibility index (Phi) is 4.66. The lowest BCUT2D eigenvalue weighted by Gasteiger charge is -2.16. The molecule has 0 fully saturated rings. The molecule has 6 heteroatoms. The number of nitrogens with zero attached hydrogens (tertiary/aromatic N) is 1. The zero-order chi connectivity index (χ0) is 17.1. The molecule has 3 rings (SSSR count). The zero-order valence-electron chi connectivity index (χ0n) is 13.9. The summed E-state index contributed by atoms with van der Waals surface area (Å²) in [4.78, 5) is 15.5. The van der Waals surface area contributed by atoms with Crippen molar-refractivity contribution in [3.8, 4) is 0 Å². The van der Waals surface area contributed by atoms with E-state index < -0.39 is 0 Å². The molecule has 2 aromatic heterocycles. The second-order valence-electron chi connectivity index (χ2n) is 6.10. The van der Waals surface area contributed by atoms with Crippen molar-refractivity contribution in [1.29, 1.82) is 0 Å². The van der Waals surface area contributed by atoms with Gasteiger partial charge in [0.2, 0.25) is 5.91 Å². The van der Waals surface area contributed by atoms with E-state index in [0.717, 1.165) is 33.4 Å². The molecule has 0 unspecified atom stereocenters. The van der Waals surface area contributed by atoms with Crippen molar-refractivity contribution in [1.82, 2.24) is 20.5 Å². The number of carbonyl (C=O) groups is 1. The number of H-pyrrole nitrogens is 2. The number of hydrogen-bond acceptors (Lipinski definition) is 3. The average Bonchev–Trinajstić information content (AvgIpc) is 3.12. The van der Waals surface area contributed by atoms with E-state index in [1.54, 1.807) is 0 Å². The lowest BCUT2D eigenvalue weighted by molar-refractivity contribution is -0.121. The van der Waals surface area contributed by atoms with E-state index >= 15 is 0 Å². The highest BCUT2D eigenvalue weighted by atomic mass is 16.3. The zero-order valence-corrected chi connectivity index (χ0v) is 13.9. The van der Waals surface area contributed by atoms with Crippen LogP contribution in [0.1, 0.15) is 22.5 Å². The summed E-state index contributed by atoms with van der Waals surface area (Å²) in [7, 11) is 0. The number of aliphatic hydroxyl groups excluding tert-OH is 1. The third-order valence-electron chi connectivity index (χ3n) is 4.34. The maximum absolute atomic E-state index is 12.3. The minimum atomic E-state index is -0.316. The number of hydrogen-bond donors (Lipinski definition) is 4. The van der Waals surface area contributed by atoms with Crippen molar-refractivity contribution in [3.05, 3.63) is 53.0 Å². The van der Waals surface area contributed by atoms with Crippen molar-refractivity contribution in [2.75, 3.05) is 6.61 Å². The molecule has 0 spiro atoms. The van der Waals surface area contributed by atoms with Gasteiger partial charge in [-0.15, -0.1) is 0 Å². The Morgan fingerprint density at radius 3 is 2.83 bits per heavy atom. The first-order chi connectivity index (χ1) is 11.6. The van der Waals surface area contributed by atoms with Crippen molar-refractivity contribution in [2.45, 2.75) is 32.7 Å². The van der Waals surface area contributed by atoms with E-state index in [1.165, 1.54) is 0 Å². The average molecular weight is 326 g/mol. The highest BCUT2D eigenvalue weighted by molar-refractivity contribution is 5.83. The van der Waals surface area contributed by atoms with Gasteiger partial charge in [-0.2, -0.15) is 5.10 Å². The number of fused-ring (bicyclic) bond motifs is 1. The molecule has 0 aliphatic rings. The normalized spacial score (nSPS) is 12.5. The molecule has 2 heterocycles. The Balaban J connectivity index is 1.67. The number of rotatable bonds is 6. The van der Waals surface area contributed by atoms with Crippen LogP contribution in [0.15, 0.2) is 30.5 Å². The topological polar surface area (TPSA) is 93.8 Å². The van der Waals surface area contributed by atoms with Gasteiger partial charge in [0.05, 0.1) is 24.8 Å². The Bertz CT molecular complexity index is 830. The van der Waals surface area contributed by atoms with Crippen molar-refractivity contribution in [2.24, 2.45) is 0 Å². The number of benzene rings is 1. The molecule has 4 N–H and O–H groups in total. The molecule has 0 radical (unpaired) electrons. The Labute approximate surface area is 140 Å². The van der Waals surface area contributed by atoms with Gasteiger partial charge in [-0.05, 0) is 31.9 Å². The predicted octanol–water partition coefficient (Wildman–Crippen LogP) is 1.77. The Morgan fingerprint density at radius 2 is 2.12 bits per heavy atom. The van der Waals surface area contributed by atoms with E-state index in [1.807, 2.05) is 44.3 Å². The first-order valence-electron chi connectivity index (χ1n) is 8.04. The van der Waals surface area contributed by atoms with Gasteiger partial charge in [0.15, 0.2) is 0 Å². The number of aromatic nitrogens is 3. The lowest BCUT2D eigenvalue weighted by atomic mass is 10.0. The predicted molar refractivity (Wildman–Crippen MR) is 92.8 cm³/mol. The summed E-state index contributed by atoms with van der Waals surface area (Å²) in [5, 5.41) is 20.7. The first kappa shape index (κ1) is 16.3. The molecule has 1 aromatic carbocycles. The van der Waals surface area contributed by atoms with Gasteiger partial charge < -0.3 is 15.4 Å². The Hall–Kier alpha value is -2.60. The number of nitrogens with one attached hydrogen (secondary N) is 3. The number of aromatic amines is 2. The molecule has 126 valence electrons. The molecule has 1 atom stereocenters. The quantitative estimate of drug-likeness (QED) is 0.556. The summed E-state index contributed by atoms with van der Waals surface area (Å²) >= 11 is 0. The largest absolute Gasteiger partial charge is 0.394 e. The Morgan fingerprint density at radius 1 is 1.33 bits per heavy atom. The number of aryl methyl sites for hydroxylation is 2. The summed E-state index contributed by atoms with van der Waals surface area (Å²) in [6, 6.07) is 7.69. The van der Waals surface area contributed by atoms with E-state index in [0.29, 0.717) is 6.42 Å². The highest BCUT2D eigenvalue weighted by Gasteiger charge is 2.17. The minimum absolute atomic E-state index is 0.103. The number of carbonyl (C=O) groups excluding carboxylic acids is 1. The molecule has 1 amide bonds.